The number of rotatable bonds is 8. The maximum absolute atomic E-state index is 13.1. The van der Waals surface area contributed by atoms with Gasteiger partial charge in [0.2, 0.25) is 11.8 Å². The molecule has 33 heavy (non-hydrogen) atoms. The highest BCUT2D eigenvalue weighted by atomic mass is 35.5. The Balaban J connectivity index is 1.35. The van der Waals surface area contributed by atoms with Gasteiger partial charge in [-0.3, -0.25) is 9.52 Å². The summed E-state index contributed by atoms with van der Waals surface area (Å²) in [6.45, 7) is -0.109. The number of nitrogens with one attached hydrogen (secondary N) is 1. The van der Waals surface area contributed by atoms with Crippen molar-refractivity contribution < 1.29 is 27.1 Å². The fraction of sp³-hybridized carbons (Fsp3) is 0.300. The number of aromatic nitrogens is 4. The van der Waals surface area contributed by atoms with E-state index in [1.54, 1.807) is 0 Å². The van der Waals surface area contributed by atoms with Crippen LogP contribution in [0.4, 0.5) is 17.6 Å². The molecule has 7 nitrogen and oxygen atoms in total. The molecule has 0 saturated heterocycles. The van der Waals surface area contributed by atoms with Crippen molar-refractivity contribution in [1.29, 1.82) is 0 Å². The zero-order valence-corrected chi connectivity index (χ0v) is 18.3. The molecule has 13 heteroatoms. The zero-order chi connectivity index (χ0) is 23.6. The van der Waals surface area contributed by atoms with Gasteiger partial charge >= 0.3 is 6.18 Å². The van der Waals surface area contributed by atoms with Crippen molar-refractivity contribution in [2.24, 2.45) is 5.41 Å². The minimum absolute atomic E-state index is 0.0785. The summed E-state index contributed by atoms with van der Waals surface area (Å²) in [5, 5.41) is 4.29. The van der Waals surface area contributed by atoms with Crippen LogP contribution >= 0.6 is 23.5 Å². The van der Waals surface area contributed by atoms with Crippen molar-refractivity contribution in [2.75, 3.05) is 6.61 Å². The van der Waals surface area contributed by atoms with Crippen LogP contribution < -0.4 is 9.46 Å². The van der Waals surface area contributed by atoms with Gasteiger partial charge in [-0.15, -0.1) is 5.10 Å². The summed E-state index contributed by atoms with van der Waals surface area (Å²) in [5.74, 6) is -0.807. The first-order valence-corrected chi connectivity index (χ1v) is 10.9. The molecule has 0 bridgehead atoms. The molecule has 174 valence electrons. The molecule has 3 aromatic rings. The van der Waals surface area contributed by atoms with Gasteiger partial charge in [0.25, 0.3) is 5.91 Å². The number of amides is 1. The number of carbonyl (C=O) groups is 1. The maximum Gasteiger partial charge on any atom is 0.394 e. The predicted octanol–water partition coefficient (Wildman–Crippen LogP) is 5.00. The standard InChI is InChI=1S/C20H16ClF4N5O2S/c21-17-12(18(31)29-33-16-3-1-2-13(22)26-16)4-5-14(27-17)30-10-6-15(28-30)32-11-9-19(7-8-19)20(23,24)25/h1-6,10H,7-9,11H2,(H,29,31). The van der Waals surface area contributed by atoms with Gasteiger partial charge in [-0.1, -0.05) is 17.7 Å². The van der Waals surface area contributed by atoms with E-state index in [1.165, 1.54) is 47.3 Å². The van der Waals surface area contributed by atoms with Crippen LogP contribution in [0.5, 0.6) is 5.88 Å². The van der Waals surface area contributed by atoms with E-state index in [9.17, 15) is 22.4 Å². The van der Waals surface area contributed by atoms with E-state index in [0.717, 1.165) is 11.9 Å². The molecule has 4 rings (SSSR count). The Morgan fingerprint density at radius 1 is 1.21 bits per heavy atom. The number of carbonyl (C=O) groups excluding carboxylic acids is 1. The lowest BCUT2D eigenvalue weighted by Gasteiger charge is -2.18. The van der Waals surface area contributed by atoms with Crippen LogP contribution in [0.25, 0.3) is 5.82 Å². The van der Waals surface area contributed by atoms with Crippen molar-refractivity contribution in [3.05, 3.63) is 59.3 Å². The highest BCUT2D eigenvalue weighted by Gasteiger charge is 2.62. The van der Waals surface area contributed by atoms with E-state index < -0.39 is 23.4 Å². The summed E-state index contributed by atoms with van der Waals surface area (Å²) in [5.41, 5.74) is -1.56. The number of alkyl halides is 3. The summed E-state index contributed by atoms with van der Waals surface area (Å²) in [7, 11) is 0. The summed E-state index contributed by atoms with van der Waals surface area (Å²) < 4.78 is 61.3. The molecule has 1 aliphatic carbocycles. The number of hydrogen-bond donors (Lipinski definition) is 1. The second kappa shape index (κ2) is 9.18. The van der Waals surface area contributed by atoms with Crippen LogP contribution in [-0.2, 0) is 0 Å². The van der Waals surface area contributed by atoms with Crippen molar-refractivity contribution >= 4 is 29.5 Å². The molecule has 0 unspecified atom stereocenters. The highest BCUT2D eigenvalue weighted by molar-refractivity contribution is 7.97. The number of hydrogen-bond acceptors (Lipinski definition) is 6. The summed E-state index contributed by atoms with van der Waals surface area (Å²) >= 11 is 6.96. The van der Waals surface area contributed by atoms with E-state index in [1.807, 2.05) is 0 Å². The third-order valence-electron chi connectivity index (χ3n) is 5.10. The molecule has 3 aromatic heterocycles. The van der Waals surface area contributed by atoms with Crippen molar-refractivity contribution in [1.82, 2.24) is 24.5 Å². The van der Waals surface area contributed by atoms with Crippen LogP contribution in [0.2, 0.25) is 5.15 Å². The predicted molar refractivity (Wildman–Crippen MR) is 112 cm³/mol. The largest absolute Gasteiger partial charge is 0.477 e. The molecule has 3 heterocycles. The Hall–Kier alpha value is -2.86. The number of halogens is 5. The quantitative estimate of drug-likeness (QED) is 0.266. The zero-order valence-electron chi connectivity index (χ0n) is 16.8. The molecule has 1 aliphatic rings. The fourth-order valence-electron chi connectivity index (χ4n) is 3.01. The van der Waals surface area contributed by atoms with Gasteiger partial charge < -0.3 is 4.74 Å². The van der Waals surface area contributed by atoms with Crippen LogP contribution in [-0.4, -0.2) is 38.4 Å². The average molecular weight is 502 g/mol. The molecule has 0 aliphatic heterocycles. The van der Waals surface area contributed by atoms with E-state index in [0.29, 0.717) is 0 Å². The van der Waals surface area contributed by atoms with Crippen LogP contribution in [0, 0.1) is 11.4 Å². The Morgan fingerprint density at radius 2 is 2.00 bits per heavy atom. The van der Waals surface area contributed by atoms with Gasteiger partial charge in [0.05, 0.1) is 17.6 Å². The van der Waals surface area contributed by atoms with E-state index in [-0.39, 0.29) is 53.3 Å². The lowest BCUT2D eigenvalue weighted by Crippen LogP contribution is -2.26. The first kappa shape index (κ1) is 23.3. The molecule has 1 amide bonds. The number of pyridine rings is 2. The molecule has 1 fully saturated rings. The normalized spacial score (nSPS) is 14.7. The minimum atomic E-state index is -4.23. The Bertz CT molecular complexity index is 1170. The molecule has 0 radical (unpaired) electrons. The molecule has 1 saturated carbocycles. The third kappa shape index (κ3) is 5.38. The summed E-state index contributed by atoms with van der Waals surface area (Å²) in [4.78, 5) is 20.1. The Labute approximate surface area is 194 Å². The highest BCUT2D eigenvalue weighted by Crippen LogP contribution is 2.59. The second-order valence-electron chi connectivity index (χ2n) is 7.31. The average Bonchev–Trinajstić information content (AvgIpc) is 3.42. The van der Waals surface area contributed by atoms with Crippen molar-refractivity contribution in [3.8, 4) is 11.7 Å². The van der Waals surface area contributed by atoms with E-state index in [2.05, 4.69) is 19.8 Å². The minimum Gasteiger partial charge on any atom is -0.477 e. The summed E-state index contributed by atoms with van der Waals surface area (Å²) in [6.07, 6.45) is -2.60. The maximum atomic E-state index is 13.1. The number of ether oxygens (including phenoxy) is 1. The molecule has 0 spiro atoms. The van der Waals surface area contributed by atoms with E-state index in [4.69, 9.17) is 16.3 Å². The van der Waals surface area contributed by atoms with Crippen molar-refractivity contribution in [3.63, 3.8) is 0 Å². The van der Waals surface area contributed by atoms with Gasteiger partial charge in [-0.2, -0.15) is 17.6 Å². The topological polar surface area (TPSA) is 81.9 Å². The molecule has 1 N–H and O–H groups in total. The third-order valence-corrected chi connectivity index (χ3v) is 6.11. The van der Waals surface area contributed by atoms with Gasteiger partial charge in [0.15, 0.2) is 5.82 Å². The van der Waals surface area contributed by atoms with Gasteiger partial charge in [0, 0.05) is 24.2 Å². The molecular weight excluding hydrogens is 486 g/mol. The van der Waals surface area contributed by atoms with Crippen LogP contribution in [0.3, 0.4) is 0 Å². The van der Waals surface area contributed by atoms with Gasteiger partial charge in [0.1, 0.15) is 10.2 Å². The molecular formula is C20H16ClF4N5O2S. The van der Waals surface area contributed by atoms with Crippen LogP contribution in [0.15, 0.2) is 47.6 Å². The van der Waals surface area contributed by atoms with Crippen LogP contribution in [0.1, 0.15) is 29.6 Å². The number of nitrogens with zero attached hydrogens (tertiary/aromatic N) is 4. The van der Waals surface area contributed by atoms with Gasteiger partial charge in [-0.25, -0.2) is 14.6 Å². The van der Waals surface area contributed by atoms with Gasteiger partial charge in [-0.05, 0) is 43.5 Å². The Morgan fingerprint density at radius 3 is 2.67 bits per heavy atom. The molecule has 0 aromatic carbocycles. The monoisotopic (exact) mass is 501 g/mol. The first-order chi connectivity index (χ1) is 15.7. The first-order valence-electron chi connectivity index (χ1n) is 9.69. The smallest absolute Gasteiger partial charge is 0.394 e. The van der Waals surface area contributed by atoms with E-state index >= 15 is 0 Å². The SMILES string of the molecule is O=C(NSc1cccc(F)n1)c1ccc(-n2ccc(OCCC3(C(F)(F)F)CC3)n2)nc1Cl. The lowest BCUT2D eigenvalue weighted by atomic mass is 10.0. The fourth-order valence-corrected chi connectivity index (χ4v) is 3.83. The summed E-state index contributed by atoms with van der Waals surface area (Å²) in [6, 6.07) is 8.59. The lowest BCUT2D eigenvalue weighted by molar-refractivity contribution is -0.190. The molecule has 0 atom stereocenters. The Kier molecular flexibility index (Phi) is 6.48. The second-order valence-corrected chi connectivity index (χ2v) is 8.50. The van der Waals surface area contributed by atoms with Crippen molar-refractivity contribution in [2.45, 2.75) is 30.5 Å².